The third-order valence-corrected chi connectivity index (χ3v) is 5.87. The number of carbonyl (C=O) groups excluding carboxylic acids is 1. The normalized spacial score (nSPS) is 17.6. The molecule has 1 fully saturated rings. The van der Waals surface area contributed by atoms with Crippen molar-refractivity contribution in [2.24, 2.45) is 7.05 Å². The molecule has 0 unspecified atom stereocenters. The quantitative estimate of drug-likeness (QED) is 0.707. The highest BCUT2D eigenvalue weighted by Gasteiger charge is 2.29. The van der Waals surface area contributed by atoms with Gasteiger partial charge in [0.25, 0.3) is 5.91 Å². The maximum absolute atomic E-state index is 12.8. The van der Waals surface area contributed by atoms with Gasteiger partial charge in [-0.2, -0.15) is 5.10 Å². The number of amides is 1. The van der Waals surface area contributed by atoms with E-state index >= 15 is 0 Å². The molecular formula is C18H22N6OS. The zero-order chi connectivity index (χ0) is 18.1. The summed E-state index contributed by atoms with van der Waals surface area (Å²) in [7, 11) is 2.00. The molecule has 0 bridgehead atoms. The first-order valence-electron chi connectivity index (χ1n) is 8.83. The van der Waals surface area contributed by atoms with Crippen LogP contribution < -0.4 is 0 Å². The molecule has 0 radical (unpaired) electrons. The number of hydrogen-bond donors (Lipinski definition) is 0. The molecular weight excluding hydrogens is 348 g/mol. The van der Waals surface area contributed by atoms with Crippen LogP contribution in [0.1, 0.15) is 45.0 Å². The molecule has 1 aliphatic heterocycles. The first-order valence-corrected chi connectivity index (χ1v) is 9.65. The molecule has 0 spiro atoms. The Kier molecular flexibility index (Phi) is 4.58. The molecule has 3 aromatic rings. The van der Waals surface area contributed by atoms with E-state index in [9.17, 15) is 4.79 Å². The number of aryl methyl sites for hydroxylation is 1. The molecule has 4 heterocycles. The average Bonchev–Trinajstić information content (AvgIpc) is 3.38. The van der Waals surface area contributed by atoms with Crippen molar-refractivity contribution in [2.45, 2.75) is 32.2 Å². The van der Waals surface area contributed by atoms with Crippen LogP contribution in [0.4, 0.5) is 0 Å². The molecule has 0 aliphatic carbocycles. The molecule has 1 aliphatic rings. The van der Waals surface area contributed by atoms with Gasteiger partial charge in [-0.3, -0.25) is 9.48 Å². The van der Waals surface area contributed by atoms with Gasteiger partial charge in [0.05, 0.1) is 4.88 Å². The molecule has 7 nitrogen and oxygen atoms in total. The summed E-state index contributed by atoms with van der Waals surface area (Å²) in [6.45, 7) is 4.13. The molecule has 3 aromatic heterocycles. The van der Waals surface area contributed by atoms with Crippen LogP contribution in [-0.4, -0.2) is 48.4 Å². The van der Waals surface area contributed by atoms with Gasteiger partial charge < -0.3 is 9.47 Å². The van der Waals surface area contributed by atoms with Crippen molar-refractivity contribution in [3.05, 3.63) is 52.0 Å². The van der Waals surface area contributed by atoms with Crippen LogP contribution in [0.2, 0.25) is 0 Å². The Morgan fingerprint density at radius 1 is 1.35 bits per heavy atom. The Balaban J connectivity index is 1.49. The van der Waals surface area contributed by atoms with Crippen molar-refractivity contribution < 1.29 is 4.79 Å². The fourth-order valence-electron chi connectivity index (χ4n) is 3.49. The first-order chi connectivity index (χ1) is 12.6. The fourth-order valence-corrected chi connectivity index (χ4v) is 4.32. The van der Waals surface area contributed by atoms with Crippen molar-refractivity contribution in [2.75, 3.05) is 13.1 Å². The monoisotopic (exact) mass is 370 g/mol. The standard InChI is InChI=1S/C18H22N6OS/c1-13-6-7-15(26-13)18(25)23-9-3-5-14(11-23)17-21-20-16(22(17)2)12-24-10-4-8-19-24/h4,6-8,10,14H,3,5,9,11-12H2,1-2H3/t14-/m1/s1. The second-order valence-electron chi connectivity index (χ2n) is 6.74. The zero-order valence-electron chi connectivity index (χ0n) is 15.0. The van der Waals surface area contributed by atoms with E-state index < -0.39 is 0 Å². The van der Waals surface area contributed by atoms with E-state index in [1.165, 1.54) is 4.88 Å². The number of carbonyl (C=O) groups is 1. The minimum Gasteiger partial charge on any atom is -0.337 e. The van der Waals surface area contributed by atoms with Crippen molar-refractivity contribution >= 4 is 17.2 Å². The van der Waals surface area contributed by atoms with E-state index in [2.05, 4.69) is 19.9 Å². The summed E-state index contributed by atoms with van der Waals surface area (Å²) in [6, 6.07) is 5.83. The van der Waals surface area contributed by atoms with Crippen LogP contribution in [0.15, 0.2) is 30.6 Å². The van der Waals surface area contributed by atoms with Gasteiger partial charge in [-0.05, 0) is 38.0 Å². The largest absolute Gasteiger partial charge is 0.337 e. The SMILES string of the molecule is Cc1ccc(C(=O)N2CCC[C@@H](c3nnc(Cn4cccn4)n3C)C2)s1. The molecule has 136 valence electrons. The van der Waals surface area contributed by atoms with Crippen LogP contribution in [0, 0.1) is 6.92 Å². The third kappa shape index (κ3) is 3.29. The van der Waals surface area contributed by atoms with Crippen LogP contribution in [0.25, 0.3) is 0 Å². The molecule has 0 aromatic carbocycles. The van der Waals surface area contributed by atoms with E-state index in [1.807, 2.05) is 47.9 Å². The molecule has 1 amide bonds. The summed E-state index contributed by atoms with van der Waals surface area (Å²) in [5, 5.41) is 13.0. The Bertz CT molecular complexity index is 897. The number of nitrogens with zero attached hydrogens (tertiary/aromatic N) is 6. The second kappa shape index (κ2) is 7.03. The summed E-state index contributed by atoms with van der Waals surface area (Å²) < 4.78 is 3.89. The van der Waals surface area contributed by atoms with Gasteiger partial charge in [0.2, 0.25) is 0 Å². The molecule has 1 saturated heterocycles. The highest BCUT2D eigenvalue weighted by Crippen LogP contribution is 2.28. The molecule has 4 rings (SSSR count). The zero-order valence-corrected chi connectivity index (χ0v) is 15.8. The van der Waals surface area contributed by atoms with Gasteiger partial charge in [0.1, 0.15) is 12.4 Å². The number of rotatable bonds is 4. The van der Waals surface area contributed by atoms with Gasteiger partial charge in [-0.1, -0.05) is 0 Å². The van der Waals surface area contributed by atoms with Crippen molar-refractivity contribution in [3.8, 4) is 0 Å². The van der Waals surface area contributed by atoms with E-state index in [4.69, 9.17) is 0 Å². The van der Waals surface area contributed by atoms with Crippen LogP contribution in [0.3, 0.4) is 0 Å². The van der Waals surface area contributed by atoms with Gasteiger partial charge in [0.15, 0.2) is 5.82 Å². The van der Waals surface area contributed by atoms with Gasteiger partial charge in [-0.25, -0.2) is 0 Å². The maximum Gasteiger partial charge on any atom is 0.263 e. The van der Waals surface area contributed by atoms with Crippen LogP contribution in [-0.2, 0) is 13.6 Å². The number of aromatic nitrogens is 5. The molecule has 26 heavy (non-hydrogen) atoms. The molecule has 1 atom stereocenters. The molecule has 8 heteroatoms. The lowest BCUT2D eigenvalue weighted by molar-refractivity contribution is 0.0708. The first kappa shape index (κ1) is 17.0. The second-order valence-corrected chi connectivity index (χ2v) is 8.03. The summed E-state index contributed by atoms with van der Waals surface area (Å²) in [4.78, 5) is 16.7. The molecule has 0 N–H and O–H groups in total. The van der Waals surface area contributed by atoms with Crippen molar-refractivity contribution in [1.29, 1.82) is 0 Å². The topological polar surface area (TPSA) is 68.8 Å². The third-order valence-electron chi connectivity index (χ3n) is 4.89. The minimum atomic E-state index is 0.131. The fraction of sp³-hybridized carbons (Fsp3) is 0.444. The predicted molar refractivity (Wildman–Crippen MR) is 99.3 cm³/mol. The van der Waals surface area contributed by atoms with Crippen molar-refractivity contribution in [1.82, 2.24) is 29.4 Å². The predicted octanol–water partition coefficient (Wildman–Crippen LogP) is 2.45. The van der Waals surface area contributed by atoms with E-state index in [0.29, 0.717) is 13.1 Å². The van der Waals surface area contributed by atoms with Crippen LogP contribution >= 0.6 is 11.3 Å². The lowest BCUT2D eigenvalue weighted by Gasteiger charge is -2.32. The van der Waals surface area contributed by atoms with Gasteiger partial charge in [-0.15, -0.1) is 21.5 Å². The van der Waals surface area contributed by atoms with Gasteiger partial charge in [0, 0.05) is 43.3 Å². The summed E-state index contributed by atoms with van der Waals surface area (Å²) >= 11 is 1.56. The van der Waals surface area contributed by atoms with Crippen LogP contribution in [0.5, 0.6) is 0 Å². The number of hydrogen-bond acceptors (Lipinski definition) is 5. The van der Waals surface area contributed by atoms with E-state index in [-0.39, 0.29) is 11.8 Å². The highest BCUT2D eigenvalue weighted by molar-refractivity contribution is 7.13. The number of thiophene rings is 1. The summed E-state index contributed by atoms with van der Waals surface area (Å²) in [6.07, 6.45) is 5.69. The van der Waals surface area contributed by atoms with E-state index in [0.717, 1.165) is 35.9 Å². The lowest BCUT2D eigenvalue weighted by atomic mass is 9.97. The average molecular weight is 370 g/mol. The number of piperidine rings is 1. The van der Waals surface area contributed by atoms with Gasteiger partial charge >= 0.3 is 0 Å². The molecule has 0 saturated carbocycles. The Hall–Kier alpha value is -2.48. The highest BCUT2D eigenvalue weighted by atomic mass is 32.1. The number of likely N-dealkylation sites (tertiary alicyclic amines) is 1. The lowest BCUT2D eigenvalue weighted by Crippen LogP contribution is -2.39. The van der Waals surface area contributed by atoms with E-state index in [1.54, 1.807) is 17.5 Å². The Labute approximate surface area is 156 Å². The summed E-state index contributed by atoms with van der Waals surface area (Å²) in [5.41, 5.74) is 0. The maximum atomic E-state index is 12.8. The smallest absolute Gasteiger partial charge is 0.263 e. The minimum absolute atomic E-state index is 0.131. The van der Waals surface area contributed by atoms with Crippen molar-refractivity contribution in [3.63, 3.8) is 0 Å². The Morgan fingerprint density at radius 3 is 2.96 bits per heavy atom. The Morgan fingerprint density at radius 2 is 2.23 bits per heavy atom. The summed E-state index contributed by atoms with van der Waals surface area (Å²) in [5.74, 6) is 2.18.